The van der Waals surface area contributed by atoms with Crippen molar-refractivity contribution >= 4 is 29.4 Å². The lowest BCUT2D eigenvalue weighted by Crippen LogP contribution is -2.25. The zero-order valence-corrected chi connectivity index (χ0v) is 14.7. The van der Waals surface area contributed by atoms with Crippen LogP contribution >= 0.6 is 11.6 Å². The van der Waals surface area contributed by atoms with Crippen LogP contribution in [0.4, 0.5) is 0 Å². The zero-order valence-electron chi connectivity index (χ0n) is 14.0. The number of nitrogens with one attached hydrogen (secondary N) is 1. The van der Waals surface area contributed by atoms with Crippen molar-refractivity contribution in [3.63, 3.8) is 0 Å². The van der Waals surface area contributed by atoms with Gasteiger partial charge in [0, 0.05) is 11.4 Å². The molecule has 0 saturated heterocycles. The molecular formula is C20H19ClN2O. The number of aliphatic imine (C=N–C) groups is 1. The second-order valence-corrected chi connectivity index (χ2v) is 6.59. The van der Waals surface area contributed by atoms with Gasteiger partial charge in [0.1, 0.15) is 11.5 Å². The molecule has 1 aliphatic heterocycles. The number of carbonyl (C=O) groups is 1. The number of aryl methyl sites for hydroxylation is 3. The first-order chi connectivity index (χ1) is 11.4. The molecule has 0 fully saturated rings. The fourth-order valence-electron chi connectivity index (χ4n) is 2.95. The van der Waals surface area contributed by atoms with Gasteiger partial charge in [-0.05, 0) is 61.2 Å². The number of hydrogen-bond donors (Lipinski definition) is 1. The Bertz CT molecular complexity index is 841. The number of amides is 1. The van der Waals surface area contributed by atoms with Crippen LogP contribution in [-0.2, 0) is 11.2 Å². The molecule has 0 aliphatic carbocycles. The molecule has 3 nitrogen and oxygen atoms in total. The molecule has 24 heavy (non-hydrogen) atoms. The van der Waals surface area contributed by atoms with Gasteiger partial charge in [0.2, 0.25) is 0 Å². The maximum atomic E-state index is 12.2. The normalized spacial score (nSPS) is 15.6. The van der Waals surface area contributed by atoms with Gasteiger partial charge in [-0.15, -0.1) is 0 Å². The van der Waals surface area contributed by atoms with E-state index < -0.39 is 0 Å². The third kappa shape index (κ3) is 3.57. The van der Waals surface area contributed by atoms with Gasteiger partial charge in [-0.2, -0.15) is 0 Å². The van der Waals surface area contributed by atoms with Gasteiger partial charge in [-0.25, -0.2) is 4.99 Å². The van der Waals surface area contributed by atoms with Crippen LogP contribution in [0.2, 0.25) is 5.02 Å². The molecule has 1 heterocycles. The lowest BCUT2D eigenvalue weighted by Gasteiger charge is -2.07. The predicted octanol–water partition coefficient (Wildman–Crippen LogP) is 4.38. The summed E-state index contributed by atoms with van der Waals surface area (Å²) in [7, 11) is 0. The summed E-state index contributed by atoms with van der Waals surface area (Å²) in [6, 6.07) is 11.8. The van der Waals surface area contributed by atoms with Gasteiger partial charge < -0.3 is 5.32 Å². The highest BCUT2D eigenvalue weighted by molar-refractivity contribution is 6.30. The largest absolute Gasteiger partial charge is 0.308 e. The number of halogens is 1. The van der Waals surface area contributed by atoms with Crippen molar-refractivity contribution in [3.05, 3.63) is 74.9 Å². The summed E-state index contributed by atoms with van der Waals surface area (Å²) in [5, 5.41) is 3.54. The Labute approximate surface area is 147 Å². The zero-order chi connectivity index (χ0) is 17.3. The van der Waals surface area contributed by atoms with Crippen LogP contribution in [0, 0.1) is 20.8 Å². The minimum atomic E-state index is -0.154. The van der Waals surface area contributed by atoms with Crippen molar-refractivity contribution < 1.29 is 4.79 Å². The van der Waals surface area contributed by atoms with Crippen LogP contribution in [-0.4, -0.2) is 11.7 Å². The predicted molar refractivity (Wildman–Crippen MR) is 99.4 cm³/mol. The first-order valence-corrected chi connectivity index (χ1v) is 8.23. The van der Waals surface area contributed by atoms with Crippen molar-refractivity contribution in [2.24, 2.45) is 4.99 Å². The van der Waals surface area contributed by atoms with E-state index in [1.807, 2.05) is 30.3 Å². The third-order valence-corrected chi connectivity index (χ3v) is 4.30. The van der Waals surface area contributed by atoms with Gasteiger partial charge in [-0.1, -0.05) is 41.4 Å². The number of rotatable bonds is 3. The third-order valence-electron chi connectivity index (χ3n) is 4.05. The minimum absolute atomic E-state index is 0.154. The summed E-state index contributed by atoms with van der Waals surface area (Å²) in [5.41, 5.74) is 6.08. The smallest absolute Gasteiger partial charge is 0.275 e. The van der Waals surface area contributed by atoms with E-state index in [0.29, 0.717) is 23.0 Å². The molecule has 0 saturated carbocycles. The van der Waals surface area contributed by atoms with Gasteiger partial charge in [0.15, 0.2) is 0 Å². The molecule has 2 aromatic carbocycles. The highest BCUT2D eigenvalue weighted by atomic mass is 35.5. The van der Waals surface area contributed by atoms with Crippen LogP contribution < -0.4 is 5.32 Å². The van der Waals surface area contributed by atoms with E-state index in [1.165, 1.54) is 5.56 Å². The summed E-state index contributed by atoms with van der Waals surface area (Å²) in [5.74, 6) is 0.509. The summed E-state index contributed by atoms with van der Waals surface area (Å²) >= 11 is 5.90. The molecular weight excluding hydrogens is 320 g/mol. The van der Waals surface area contributed by atoms with Crippen LogP contribution in [0.3, 0.4) is 0 Å². The highest BCUT2D eigenvalue weighted by Crippen LogP contribution is 2.21. The van der Waals surface area contributed by atoms with E-state index in [4.69, 9.17) is 11.6 Å². The second kappa shape index (κ2) is 6.62. The summed E-state index contributed by atoms with van der Waals surface area (Å²) in [4.78, 5) is 16.7. The molecule has 2 aromatic rings. The van der Waals surface area contributed by atoms with Crippen LogP contribution in [0.1, 0.15) is 27.8 Å². The molecule has 1 N–H and O–H groups in total. The quantitative estimate of drug-likeness (QED) is 0.829. The van der Waals surface area contributed by atoms with Crippen LogP contribution in [0.25, 0.3) is 6.08 Å². The molecule has 1 amide bonds. The number of nitrogens with zero attached hydrogens (tertiary/aromatic N) is 1. The summed E-state index contributed by atoms with van der Waals surface area (Å²) in [6.07, 6.45) is 2.44. The lowest BCUT2D eigenvalue weighted by molar-refractivity contribution is -0.115. The average Bonchev–Trinajstić information content (AvgIpc) is 2.85. The number of benzene rings is 2. The molecule has 4 heteroatoms. The number of amidine groups is 1. The lowest BCUT2D eigenvalue weighted by atomic mass is 9.99. The Morgan fingerprint density at radius 3 is 2.33 bits per heavy atom. The highest BCUT2D eigenvalue weighted by Gasteiger charge is 2.20. The van der Waals surface area contributed by atoms with Gasteiger partial charge >= 0.3 is 0 Å². The van der Waals surface area contributed by atoms with Crippen molar-refractivity contribution in [1.82, 2.24) is 5.32 Å². The molecule has 122 valence electrons. The maximum Gasteiger partial charge on any atom is 0.275 e. The van der Waals surface area contributed by atoms with Gasteiger partial charge in [-0.3, -0.25) is 4.79 Å². The summed E-state index contributed by atoms with van der Waals surface area (Å²) in [6.45, 7) is 6.18. The molecule has 0 bridgehead atoms. The van der Waals surface area contributed by atoms with E-state index in [2.05, 4.69) is 43.2 Å². The molecule has 0 aromatic heterocycles. The fourth-order valence-corrected chi connectivity index (χ4v) is 3.08. The molecule has 1 aliphatic rings. The Morgan fingerprint density at radius 2 is 1.71 bits per heavy atom. The molecule has 0 radical (unpaired) electrons. The van der Waals surface area contributed by atoms with Crippen molar-refractivity contribution in [1.29, 1.82) is 0 Å². The van der Waals surface area contributed by atoms with E-state index in [9.17, 15) is 4.79 Å². The second-order valence-electron chi connectivity index (χ2n) is 6.16. The van der Waals surface area contributed by atoms with Gasteiger partial charge in [0.25, 0.3) is 5.91 Å². The van der Waals surface area contributed by atoms with Crippen molar-refractivity contribution in [2.75, 3.05) is 0 Å². The average molecular weight is 339 g/mol. The fraction of sp³-hybridized carbons (Fsp3) is 0.200. The van der Waals surface area contributed by atoms with E-state index in [-0.39, 0.29) is 5.91 Å². The Kier molecular flexibility index (Phi) is 4.54. The minimum Gasteiger partial charge on any atom is -0.308 e. The monoisotopic (exact) mass is 338 g/mol. The topological polar surface area (TPSA) is 41.5 Å². The molecule has 3 rings (SSSR count). The molecule has 0 unspecified atom stereocenters. The number of hydrogen-bond acceptors (Lipinski definition) is 2. The molecule has 0 atom stereocenters. The van der Waals surface area contributed by atoms with Crippen LogP contribution in [0.5, 0.6) is 0 Å². The SMILES string of the molecule is Cc1cc(C)c(/C=C2\N=C(Cc3ccc(Cl)cc3)NC2=O)c(C)c1. The Balaban J connectivity index is 1.88. The van der Waals surface area contributed by atoms with Crippen LogP contribution in [0.15, 0.2) is 47.1 Å². The summed E-state index contributed by atoms with van der Waals surface area (Å²) < 4.78 is 0. The Hall–Kier alpha value is -2.39. The standard InChI is InChI=1S/C20H19ClN2O/c1-12-8-13(2)17(14(3)9-12)11-18-20(24)23-19(22-18)10-15-4-6-16(21)7-5-15/h4-9,11H,10H2,1-3H3,(H,22,23,24)/b18-11-. The van der Waals surface area contributed by atoms with E-state index >= 15 is 0 Å². The van der Waals surface area contributed by atoms with Gasteiger partial charge in [0.05, 0.1) is 0 Å². The van der Waals surface area contributed by atoms with Crippen molar-refractivity contribution in [2.45, 2.75) is 27.2 Å². The van der Waals surface area contributed by atoms with E-state index in [1.54, 1.807) is 0 Å². The first kappa shape index (κ1) is 16.5. The first-order valence-electron chi connectivity index (χ1n) is 7.85. The number of carbonyl (C=O) groups excluding carboxylic acids is 1. The Morgan fingerprint density at radius 1 is 1.08 bits per heavy atom. The maximum absolute atomic E-state index is 12.2. The van der Waals surface area contributed by atoms with E-state index in [0.717, 1.165) is 22.3 Å². The molecule has 0 spiro atoms. The van der Waals surface area contributed by atoms with Crippen molar-refractivity contribution in [3.8, 4) is 0 Å².